The van der Waals surface area contributed by atoms with Crippen LogP contribution in [0.2, 0.25) is 0 Å². The van der Waals surface area contributed by atoms with Gasteiger partial charge in [-0.05, 0) is 50.8 Å². The molecule has 0 aromatic carbocycles. The lowest BCUT2D eigenvalue weighted by molar-refractivity contribution is 0.113. The van der Waals surface area contributed by atoms with Gasteiger partial charge in [0.05, 0.1) is 5.39 Å². The van der Waals surface area contributed by atoms with E-state index in [2.05, 4.69) is 20.6 Å². The maximum atomic E-state index is 10.5. The van der Waals surface area contributed by atoms with Gasteiger partial charge < -0.3 is 15.7 Å². The summed E-state index contributed by atoms with van der Waals surface area (Å²) in [5, 5.41) is 18.2. The molecule has 2 aliphatic rings. The van der Waals surface area contributed by atoms with Gasteiger partial charge >= 0.3 is 0 Å². The second-order valence-electron chi connectivity index (χ2n) is 5.94. The highest BCUT2D eigenvalue weighted by Crippen LogP contribution is 2.39. The third-order valence-corrected chi connectivity index (χ3v) is 5.82. The van der Waals surface area contributed by atoms with E-state index in [-0.39, 0.29) is 0 Å². The van der Waals surface area contributed by atoms with E-state index in [0.29, 0.717) is 5.92 Å². The minimum absolute atomic E-state index is 0.294. The van der Waals surface area contributed by atoms with Crippen LogP contribution in [-0.2, 0) is 12.8 Å². The molecule has 6 heteroatoms. The molecule has 1 saturated heterocycles. The molecule has 0 spiro atoms. The summed E-state index contributed by atoms with van der Waals surface area (Å²) in [7, 11) is 0. The van der Waals surface area contributed by atoms with Crippen LogP contribution in [0.3, 0.4) is 0 Å². The van der Waals surface area contributed by atoms with Gasteiger partial charge in [0.25, 0.3) is 0 Å². The number of hydrogen-bond donors (Lipinski definition) is 3. The van der Waals surface area contributed by atoms with E-state index in [1.165, 1.54) is 16.9 Å². The lowest BCUT2D eigenvalue weighted by atomic mass is 9.96. The SMILES string of the molecule is OC(Nc1ncnc2sc3c(c12)CCC3)C1CCNCC1. The van der Waals surface area contributed by atoms with Crippen molar-refractivity contribution in [3.05, 3.63) is 16.8 Å². The Morgan fingerprint density at radius 2 is 2.14 bits per heavy atom. The lowest BCUT2D eigenvalue weighted by Crippen LogP contribution is -2.37. The number of aliphatic hydroxyl groups excluding tert-OH is 1. The first-order valence-corrected chi connectivity index (χ1v) is 8.55. The van der Waals surface area contributed by atoms with Crippen molar-refractivity contribution in [1.82, 2.24) is 15.3 Å². The number of aryl methyl sites for hydroxylation is 2. The summed E-state index contributed by atoms with van der Waals surface area (Å²) in [6, 6.07) is 0. The first kappa shape index (κ1) is 13.4. The Bertz CT molecular complexity index is 650. The Labute approximate surface area is 127 Å². The fourth-order valence-electron chi connectivity index (χ4n) is 3.46. The summed E-state index contributed by atoms with van der Waals surface area (Å²) in [5.74, 6) is 1.10. The number of aromatic nitrogens is 2. The summed E-state index contributed by atoms with van der Waals surface area (Å²) in [5.41, 5.74) is 1.40. The smallest absolute Gasteiger partial charge is 0.140 e. The number of aliphatic hydroxyl groups is 1. The Hall–Kier alpha value is -1.24. The highest BCUT2D eigenvalue weighted by atomic mass is 32.1. The number of nitrogens with one attached hydrogen (secondary N) is 2. The topological polar surface area (TPSA) is 70.1 Å². The van der Waals surface area contributed by atoms with Crippen LogP contribution in [-0.4, -0.2) is 34.4 Å². The maximum absolute atomic E-state index is 10.5. The van der Waals surface area contributed by atoms with Crippen LogP contribution in [0.25, 0.3) is 10.2 Å². The quantitative estimate of drug-likeness (QED) is 0.756. The Morgan fingerprint density at radius 1 is 1.29 bits per heavy atom. The zero-order valence-electron chi connectivity index (χ0n) is 11.9. The standard InChI is InChI=1S/C15H20N4OS/c20-14(9-4-6-16-7-5-9)19-13-12-10-2-1-3-11(10)21-15(12)18-8-17-13/h8-9,14,16,20H,1-7H2,(H,17,18,19). The van der Waals surface area contributed by atoms with Crippen molar-refractivity contribution in [1.29, 1.82) is 0 Å². The Balaban J connectivity index is 1.64. The van der Waals surface area contributed by atoms with Crippen molar-refractivity contribution in [2.24, 2.45) is 5.92 Å². The normalized spacial score (nSPS) is 20.6. The van der Waals surface area contributed by atoms with E-state index < -0.39 is 6.23 Å². The van der Waals surface area contributed by atoms with Gasteiger partial charge in [0.2, 0.25) is 0 Å². The molecule has 0 saturated carbocycles. The predicted molar refractivity (Wildman–Crippen MR) is 84.7 cm³/mol. The van der Waals surface area contributed by atoms with Crippen molar-refractivity contribution in [3.8, 4) is 0 Å². The maximum Gasteiger partial charge on any atom is 0.140 e. The van der Waals surface area contributed by atoms with Crippen LogP contribution < -0.4 is 10.6 Å². The van der Waals surface area contributed by atoms with Crippen molar-refractivity contribution in [2.75, 3.05) is 18.4 Å². The molecule has 3 N–H and O–H groups in total. The highest BCUT2D eigenvalue weighted by Gasteiger charge is 2.25. The van der Waals surface area contributed by atoms with Gasteiger partial charge in [-0.15, -0.1) is 11.3 Å². The molecule has 0 radical (unpaired) electrons. The zero-order chi connectivity index (χ0) is 14.2. The largest absolute Gasteiger partial charge is 0.373 e. The Kier molecular flexibility index (Phi) is 3.52. The average Bonchev–Trinajstić information content (AvgIpc) is 3.09. The minimum atomic E-state index is -0.526. The van der Waals surface area contributed by atoms with Crippen LogP contribution in [0.5, 0.6) is 0 Å². The van der Waals surface area contributed by atoms with E-state index in [4.69, 9.17) is 0 Å². The van der Waals surface area contributed by atoms with E-state index in [9.17, 15) is 5.11 Å². The third-order valence-electron chi connectivity index (χ3n) is 4.62. The molecule has 5 nitrogen and oxygen atoms in total. The number of rotatable bonds is 3. The van der Waals surface area contributed by atoms with Crippen molar-refractivity contribution < 1.29 is 5.11 Å². The molecule has 1 unspecified atom stereocenters. The zero-order valence-corrected chi connectivity index (χ0v) is 12.7. The molecule has 112 valence electrons. The van der Waals surface area contributed by atoms with Crippen LogP contribution in [0, 0.1) is 5.92 Å². The van der Waals surface area contributed by atoms with Gasteiger partial charge in [0.15, 0.2) is 0 Å². The number of nitrogens with zero attached hydrogens (tertiary/aromatic N) is 2. The Morgan fingerprint density at radius 3 is 3.00 bits per heavy atom. The second kappa shape index (κ2) is 5.51. The molecule has 4 rings (SSSR count). The van der Waals surface area contributed by atoms with Gasteiger partial charge in [-0.1, -0.05) is 0 Å². The van der Waals surface area contributed by atoms with E-state index in [0.717, 1.165) is 54.8 Å². The molecule has 1 atom stereocenters. The van der Waals surface area contributed by atoms with Crippen LogP contribution in [0.4, 0.5) is 5.82 Å². The highest BCUT2D eigenvalue weighted by molar-refractivity contribution is 7.19. The van der Waals surface area contributed by atoms with Gasteiger partial charge in [0.1, 0.15) is 23.2 Å². The summed E-state index contributed by atoms with van der Waals surface area (Å²) in [6.07, 6.45) is 6.58. The molecule has 1 aliphatic heterocycles. The number of fused-ring (bicyclic) bond motifs is 3. The van der Waals surface area contributed by atoms with Gasteiger partial charge in [-0.2, -0.15) is 0 Å². The lowest BCUT2D eigenvalue weighted by Gasteiger charge is -2.28. The molecule has 21 heavy (non-hydrogen) atoms. The summed E-state index contributed by atoms with van der Waals surface area (Å²) in [4.78, 5) is 11.3. The predicted octanol–water partition coefficient (Wildman–Crippen LogP) is 1.91. The number of thiophene rings is 1. The fourth-order valence-corrected chi connectivity index (χ4v) is 4.68. The molecule has 0 bridgehead atoms. The van der Waals surface area contributed by atoms with E-state index in [1.54, 1.807) is 17.7 Å². The molecule has 3 heterocycles. The van der Waals surface area contributed by atoms with Gasteiger partial charge in [0, 0.05) is 10.8 Å². The molecule has 2 aromatic heterocycles. The molecular weight excluding hydrogens is 284 g/mol. The van der Waals surface area contributed by atoms with E-state index >= 15 is 0 Å². The molecule has 1 aliphatic carbocycles. The van der Waals surface area contributed by atoms with Gasteiger partial charge in [-0.3, -0.25) is 0 Å². The molecule has 1 fully saturated rings. The summed E-state index contributed by atoms with van der Waals surface area (Å²) in [6.45, 7) is 1.97. The van der Waals surface area contributed by atoms with Crippen LogP contribution >= 0.6 is 11.3 Å². The number of anilines is 1. The second-order valence-corrected chi connectivity index (χ2v) is 7.02. The molecular formula is C15H20N4OS. The minimum Gasteiger partial charge on any atom is -0.373 e. The summed E-state index contributed by atoms with van der Waals surface area (Å²) >= 11 is 1.78. The molecule has 2 aromatic rings. The average molecular weight is 304 g/mol. The fraction of sp³-hybridized carbons (Fsp3) is 0.600. The monoisotopic (exact) mass is 304 g/mol. The van der Waals surface area contributed by atoms with Crippen molar-refractivity contribution in [2.45, 2.75) is 38.3 Å². The first-order valence-electron chi connectivity index (χ1n) is 7.73. The third kappa shape index (κ3) is 2.41. The summed E-state index contributed by atoms with van der Waals surface area (Å²) < 4.78 is 0. The number of hydrogen-bond acceptors (Lipinski definition) is 6. The number of piperidine rings is 1. The van der Waals surface area contributed by atoms with Crippen LogP contribution in [0.1, 0.15) is 29.7 Å². The van der Waals surface area contributed by atoms with Crippen molar-refractivity contribution >= 4 is 27.4 Å². The van der Waals surface area contributed by atoms with Crippen molar-refractivity contribution in [3.63, 3.8) is 0 Å². The first-order chi connectivity index (χ1) is 10.3. The van der Waals surface area contributed by atoms with Crippen LogP contribution in [0.15, 0.2) is 6.33 Å². The van der Waals surface area contributed by atoms with E-state index in [1.807, 2.05) is 0 Å². The van der Waals surface area contributed by atoms with Gasteiger partial charge in [-0.25, -0.2) is 9.97 Å². The molecule has 0 amide bonds.